The monoisotopic (exact) mass is 291 g/mol. The van der Waals surface area contributed by atoms with Gasteiger partial charge in [-0.15, -0.1) is 0 Å². The van der Waals surface area contributed by atoms with Gasteiger partial charge in [0.05, 0.1) is 6.04 Å². The number of rotatable bonds is 5. The number of imide groups is 1. The summed E-state index contributed by atoms with van der Waals surface area (Å²) in [6.07, 6.45) is 1.69. The number of amides is 2. The SMILES string of the molecule is CC(C)[C@@H]1COC(=O)N1C(=O)CCCCBr. The zero-order valence-corrected chi connectivity index (χ0v) is 11.3. The van der Waals surface area contributed by atoms with Gasteiger partial charge in [0, 0.05) is 11.8 Å². The lowest BCUT2D eigenvalue weighted by Crippen LogP contribution is -2.41. The Bertz CT molecular complexity index is 268. The third-order valence-corrected chi connectivity index (χ3v) is 3.28. The van der Waals surface area contributed by atoms with Gasteiger partial charge < -0.3 is 4.74 Å². The highest BCUT2D eigenvalue weighted by molar-refractivity contribution is 9.09. The van der Waals surface area contributed by atoms with E-state index in [0.29, 0.717) is 13.0 Å². The van der Waals surface area contributed by atoms with Crippen molar-refractivity contribution < 1.29 is 14.3 Å². The van der Waals surface area contributed by atoms with E-state index in [0.717, 1.165) is 18.2 Å². The zero-order chi connectivity index (χ0) is 12.1. The number of carbonyl (C=O) groups excluding carboxylic acids is 2. The molecule has 2 amide bonds. The first-order chi connectivity index (χ1) is 7.57. The molecule has 1 rings (SSSR count). The van der Waals surface area contributed by atoms with Crippen LogP contribution in [0.4, 0.5) is 4.79 Å². The molecule has 0 aromatic heterocycles. The number of unbranched alkanes of at least 4 members (excludes halogenated alkanes) is 1. The number of ether oxygens (including phenoxy) is 1. The Morgan fingerprint density at radius 2 is 2.25 bits per heavy atom. The first-order valence-electron chi connectivity index (χ1n) is 5.62. The van der Waals surface area contributed by atoms with Gasteiger partial charge >= 0.3 is 6.09 Å². The van der Waals surface area contributed by atoms with Gasteiger partial charge in [-0.3, -0.25) is 4.79 Å². The predicted octanol–water partition coefficient (Wildman–Crippen LogP) is 2.56. The molecular weight excluding hydrogens is 274 g/mol. The Kier molecular flexibility index (Phi) is 5.25. The molecule has 0 unspecified atom stereocenters. The van der Waals surface area contributed by atoms with Crippen molar-refractivity contribution in [1.29, 1.82) is 0 Å². The number of halogens is 1. The van der Waals surface area contributed by atoms with E-state index >= 15 is 0 Å². The van der Waals surface area contributed by atoms with Crippen LogP contribution >= 0.6 is 15.9 Å². The Hall–Kier alpha value is -0.580. The van der Waals surface area contributed by atoms with Crippen LogP contribution in [0.3, 0.4) is 0 Å². The van der Waals surface area contributed by atoms with Crippen LogP contribution in [0.5, 0.6) is 0 Å². The smallest absolute Gasteiger partial charge is 0.416 e. The van der Waals surface area contributed by atoms with Crippen LogP contribution in [0.15, 0.2) is 0 Å². The topological polar surface area (TPSA) is 46.6 Å². The number of carbonyl (C=O) groups is 2. The van der Waals surface area contributed by atoms with E-state index in [-0.39, 0.29) is 17.9 Å². The highest BCUT2D eigenvalue weighted by atomic mass is 79.9. The number of nitrogens with zero attached hydrogens (tertiary/aromatic N) is 1. The van der Waals surface area contributed by atoms with Crippen molar-refractivity contribution in [3.63, 3.8) is 0 Å². The van der Waals surface area contributed by atoms with E-state index < -0.39 is 6.09 Å². The van der Waals surface area contributed by atoms with E-state index in [1.165, 1.54) is 4.90 Å². The Morgan fingerprint density at radius 1 is 1.56 bits per heavy atom. The summed E-state index contributed by atoms with van der Waals surface area (Å²) < 4.78 is 4.92. The second-order valence-electron chi connectivity index (χ2n) is 4.30. The second kappa shape index (κ2) is 6.23. The van der Waals surface area contributed by atoms with Crippen LogP contribution in [0.1, 0.15) is 33.1 Å². The first-order valence-corrected chi connectivity index (χ1v) is 6.75. The highest BCUT2D eigenvalue weighted by Crippen LogP contribution is 2.21. The fourth-order valence-electron chi connectivity index (χ4n) is 1.70. The van der Waals surface area contributed by atoms with Gasteiger partial charge in [0.15, 0.2) is 0 Å². The molecule has 1 heterocycles. The average Bonchev–Trinajstić information content (AvgIpc) is 2.60. The lowest BCUT2D eigenvalue weighted by Gasteiger charge is -2.22. The van der Waals surface area contributed by atoms with Gasteiger partial charge in [-0.25, -0.2) is 9.69 Å². The number of hydrogen-bond donors (Lipinski definition) is 0. The minimum Gasteiger partial charge on any atom is -0.447 e. The van der Waals surface area contributed by atoms with Gasteiger partial charge in [0.1, 0.15) is 6.61 Å². The summed E-state index contributed by atoms with van der Waals surface area (Å²) in [6.45, 7) is 4.32. The molecule has 4 nitrogen and oxygen atoms in total. The van der Waals surface area contributed by atoms with Crippen molar-refractivity contribution in [2.75, 3.05) is 11.9 Å². The predicted molar refractivity (Wildman–Crippen MR) is 64.5 cm³/mol. The molecule has 92 valence electrons. The zero-order valence-electron chi connectivity index (χ0n) is 9.74. The molecule has 0 spiro atoms. The first kappa shape index (κ1) is 13.5. The number of alkyl halides is 1. The van der Waals surface area contributed by atoms with E-state index in [9.17, 15) is 9.59 Å². The van der Waals surface area contributed by atoms with Crippen LogP contribution in [0, 0.1) is 5.92 Å². The third kappa shape index (κ3) is 3.20. The van der Waals surface area contributed by atoms with Crippen LogP contribution in [-0.2, 0) is 9.53 Å². The molecule has 1 aliphatic heterocycles. The van der Waals surface area contributed by atoms with Crippen LogP contribution in [0.25, 0.3) is 0 Å². The number of hydrogen-bond acceptors (Lipinski definition) is 3. The molecule has 0 N–H and O–H groups in total. The molecule has 1 atom stereocenters. The fraction of sp³-hybridized carbons (Fsp3) is 0.818. The minimum absolute atomic E-state index is 0.0935. The van der Waals surface area contributed by atoms with Crippen molar-refractivity contribution in [2.45, 2.75) is 39.2 Å². The summed E-state index contributed by atoms with van der Waals surface area (Å²) in [7, 11) is 0. The van der Waals surface area contributed by atoms with Crippen molar-refractivity contribution in [3.8, 4) is 0 Å². The standard InChI is InChI=1S/C11H18BrNO3/c1-8(2)9-7-16-11(15)13(9)10(14)5-3-4-6-12/h8-9H,3-7H2,1-2H3/t9-/m0/s1. The molecule has 1 fully saturated rings. The van der Waals surface area contributed by atoms with Crippen molar-refractivity contribution in [2.24, 2.45) is 5.92 Å². The molecule has 0 bridgehead atoms. The van der Waals surface area contributed by atoms with Crippen LogP contribution in [-0.4, -0.2) is 34.9 Å². The average molecular weight is 292 g/mol. The maximum absolute atomic E-state index is 11.9. The van der Waals surface area contributed by atoms with E-state index in [4.69, 9.17) is 4.74 Å². The fourth-order valence-corrected chi connectivity index (χ4v) is 2.10. The Balaban J connectivity index is 2.54. The summed E-state index contributed by atoms with van der Waals surface area (Å²) in [6, 6.07) is -0.0935. The minimum atomic E-state index is -0.484. The molecule has 16 heavy (non-hydrogen) atoms. The van der Waals surface area contributed by atoms with Crippen LogP contribution < -0.4 is 0 Å². The van der Waals surface area contributed by atoms with E-state index in [1.54, 1.807) is 0 Å². The third-order valence-electron chi connectivity index (χ3n) is 2.72. The molecule has 0 radical (unpaired) electrons. The lowest BCUT2D eigenvalue weighted by molar-refractivity contribution is -0.129. The molecular formula is C11H18BrNO3. The maximum Gasteiger partial charge on any atom is 0.416 e. The molecule has 0 aliphatic carbocycles. The molecule has 1 aliphatic rings. The van der Waals surface area contributed by atoms with Gasteiger partial charge in [0.2, 0.25) is 5.91 Å². The Labute approximate surface area is 104 Å². The quantitative estimate of drug-likeness (QED) is 0.578. The molecule has 5 heteroatoms. The molecule has 1 saturated heterocycles. The number of cyclic esters (lactones) is 1. The summed E-state index contributed by atoms with van der Waals surface area (Å²) in [5.41, 5.74) is 0. The summed E-state index contributed by atoms with van der Waals surface area (Å²) in [4.78, 5) is 24.6. The van der Waals surface area contributed by atoms with E-state index in [1.807, 2.05) is 13.8 Å². The van der Waals surface area contributed by atoms with E-state index in [2.05, 4.69) is 15.9 Å². The normalized spacial score (nSPS) is 20.4. The van der Waals surface area contributed by atoms with Gasteiger partial charge in [0.25, 0.3) is 0 Å². The summed E-state index contributed by atoms with van der Waals surface area (Å²) >= 11 is 3.31. The van der Waals surface area contributed by atoms with Gasteiger partial charge in [-0.2, -0.15) is 0 Å². The van der Waals surface area contributed by atoms with Crippen molar-refractivity contribution in [1.82, 2.24) is 4.90 Å². The Morgan fingerprint density at radius 3 is 2.81 bits per heavy atom. The molecule has 0 aromatic rings. The van der Waals surface area contributed by atoms with Crippen molar-refractivity contribution in [3.05, 3.63) is 0 Å². The highest BCUT2D eigenvalue weighted by Gasteiger charge is 2.38. The van der Waals surface area contributed by atoms with Gasteiger partial charge in [-0.1, -0.05) is 29.8 Å². The summed E-state index contributed by atoms with van der Waals surface area (Å²) in [5.74, 6) is 0.133. The molecule has 0 saturated carbocycles. The van der Waals surface area contributed by atoms with Gasteiger partial charge in [-0.05, 0) is 18.8 Å². The largest absolute Gasteiger partial charge is 0.447 e. The van der Waals surface area contributed by atoms with Crippen molar-refractivity contribution >= 4 is 27.9 Å². The molecule has 0 aromatic carbocycles. The second-order valence-corrected chi connectivity index (χ2v) is 5.09. The maximum atomic E-state index is 11.9. The lowest BCUT2D eigenvalue weighted by atomic mass is 10.0. The van der Waals surface area contributed by atoms with Crippen LogP contribution in [0.2, 0.25) is 0 Å². The summed E-state index contributed by atoms with van der Waals surface area (Å²) in [5, 5.41) is 0.887.